The van der Waals surface area contributed by atoms with E-state index in [-0.39, 0.29) is 10.8 Å². The molecule has 0 amide bonds. The molecule has 4 aromatic carbocycles. The van der Waals surface area contributed by atoms with Gasteiger partial charge in [-0.3, -0.25) is 0 Å². The Balaban J connectivity index is 1.43. The first-order valence-corrected chi connectivity index (χ1v) is 11.5. The first kappa shape index (κ1) is 19.4. The topological polar surface area (TPSA) is 9.23 Å². The van der Waals surface area contributed by atoms with Gasteiger partial charge in [-0.15, -0.1) is 0 Å². The Hall–Kier alpha value is -3.32. The monoisotopic (exact) mass is 416 g/mol. The van der Waals surface area contributed by atoms with Crippen molar-refractivity contribution in [1.82, 2.24) is 0 Å². The Kier molecular flexibility index (Phi) is 3.99. The second kappa shape index (κ2) is 6.59. The lowest BCUT2D eigenvalue weighted by Gasteiger charge is -2.36. The van der Waals surface area contributed by atoms with Gasteiger partial charge in [0.1, 0.15) is 11.5 Å². The first-order valence-electron chi connectivity index (χ1n) is 11.5. The van der Waals surface area contributed by atoms with Crippen LogP contribution in [-0.2, 0) is 17.3 Å². The van der Waals surface area contributed by atoms with E-state index >= 15 is 0 Å². The van der Waals surface area contributed by atoms with E-state index in [1.165, 1.54) is 44.5 Å². The summed E-state index contributed by atoms with van der Waals surface area (Å²) >= 11 is 0. The van der Waals surface area contributed by atoms with Crippen molar-refractivity contribution in [3.63, 3.8) is 0 Å². The first-order chi connectivity index (χ1) is 15.4. The van der Waals surface area contributed by atoms with Crippen LogP contribution in [-0.4, -0.2) is 0 Å². The van der Waals surface area contributed by atoms with Crippen molar-refractivity contribution in [3.8, 4) is 22.6 Å². The number of ether oxygens (including phenoxy) is 1. The lowest BCUT2D eigenvalue weighted by Crippen LogP contribution is -2.26. The van der Waals surface area contributed by atoms with Gasteiger partial charge >= 0.3 is 0 Å². The summed E-state index contributed by atoms with van der Waals surface area (Å²) in [5, 5.41) is 0. The molecule has 0 spiro atoms. The Morgan fingerprint density at radius 3 is 1.91 bits per heavy atom. The molecule has 0 saturated heterocycles. The van der Waals surface area contributed by atoms with E-state index in [9.17, 15) is 0 Å². The smallest absolute Gasteiger partial charge is 0.132 e. The van der Waals surface area contributed by atoms with Crippen LogP contribution in [0, 0.1) is 0 Å². The average molecular weight is 417 g/mol. The Bertz CT molecular complexity index is 1270. The molecular weight excluding hydrogens is 388 g/mol. The summed E-state index contributed by atoms with van der Waals surface area (Å²) in [7, 11) is 0. The highest BCUT2D eigenvalue weighted by Crippen LogP contribution is 2.49. The lowest BCUT2D eigenvalue weighted by atomic mass is 9.68. The molecule has 6 rings (SSSR count). The molecule has 0 N–H and O–H groups in total. The molecule has 0 fully saturated rings. The number of hydrogen-bond acceptors (Lipinski definition) is 1. The minimum atomic E-state index is -0.0771. The van der Waals surface area contributed by atoms with Gasteiger partial charge in [-0.05, 0) is 51.9 Å². The molecule has 1 aliphatic carbocycles. The fraction of sp³-hybridized carbons (Fsp3) is 0.226. The number of rotatable bonds is 1. The number of fused-ring (bicyclic) bond motifs is 4. The molecule has 1 heteroatoms. The second-order valence-electron chi connectivity index (χ2n) is 10.3. The summed E-state index contributed by atoms with van der Waals surface area (Å²) in [6, 6.07) is 31.0. The normalized spacial score (nSPS) is 16.8. The van der Waals surface area contributed by atoms with E-state index in [2.05, 4.69) is 107 Å². The molecule has 1 nitrogen and oxygen atoms in total. The third-order valence-corrected chi connectivity index (χ3v) is 7.62. The zero-order chi connectivity index (χ0) is 22.1. The van der Waals surface area contributed by atoms with Crippen LogP contribution in [0.1, 0.15) is 61.1 Å². The minimum Gasteiger partial charge on any atom is -0.457 e. The number of benzene rings is 4. The van der Waals surface area contributed by atoms with Crippen LogP contribution in [0.3, 0.4) is 0 Å². The van der Waals surface area contributed by atoms with Gasteiger partial charge in [-0.2, -0.15) is 0 Å². The van der Waals surface area contributed by atoms with Gasteiger partial charge in [0, 0.05) is 22.0 Å². The van der Waals surface area contributed by atoms with E-state index in [0.717, 1.165) is 17.9 Å². The molecule has 0 saturated carbocycles. The van der Waals surface area contributed by atoms with E-state index in [4.69, 9.17) is 4.74 Å². The van der Waals surface area contributed by atoms with Gasteiger partial charge < -0.3 is 4.74 Å². The Morgan fingerprint density at radius 2 is 1.09 bits per heavy atom. The molecule has 32 heavy (non-hydrogen) atoms. The molecule has 1 heterocycles. The highest BCUT2D eigenvalue weighted by atomic mass is 16.5. The molecule has 1 aliphatic heterocycles. The average Bonchev–Trinajstić information content (AvgIpc) is 2.78. The third-order valence-electron chi connectivity index (χ3n) is 7.62. The molecule has 0 aromatic heterocycles. The largest absolute Gasteiger partial charge is 0.457 e. The van der Waals surface area contributed by atoms with Crippen LogP contribution in [0.5, 0.6) is 11.5 Å². The van der Waals surface area contributed by atoms with Gasteiger partial charge in [-0.1, -0.05) is 100 Å². The minimum absolute atomic E-state index is 0.0232. The molecule has 4 aromatic rings. The maximum atomic E-state index is 6.37. The predicted molar refractivity (Wildman–Crippen MR) is 132 cm³/mol. The summed E-state index contributed by atoms with van der Waals surface area (Å²) in [6.07, 6.45) is 0.991. The molecular formula is C31H28O. The van der Waals surface area contributed by atoms with Crippen molar-refractivity contribution in [2.75, 3.05) is 0 Å². The van der Waals surface area contributed by atoms with Gasteiger partial charge in [-0.25, -0.2) is 0 Å². The third kappa shape index (κ3) is 2.70. The number of para-hydroxylation sites is 1. The second-order valence-corrected chi connectivity index (χ2v) is 10.3. The Labute approximate surface area is 190 Å². The summed E-state index contributed by atoms with van der Waals surface area (Å²) in [5.74, 6) is 1.93. The van der Waals surface area contributed by atoms with Gasteiger partial charge in [0.05, 0.1) is 0 Å². The van der Waals surface area contributed by atoms with Crippen molar-refractivity contribution in [1.29, 1.82) is 0 Å². The molecule has 158 valence electrons. The fourth-order valence-electron chi connectivity index (χ4n) is 5.80. The van der Waals surface area contributed by atoms with E-state index in [1.807, 2.05) is 6.07 Å². The van der Waals surface area contributed by atoms with Crippen LogP contribution < -0.4 is 4.74 Å². The zero-order valence-corrected chi connectivity index (χ0v) is 19.2. The van der Waals surface area contributed by atoms with Crippen LogP contribution >= 0.6 is 0 Å². The quantitative estimate of drug-likeness (QED) is 0.305. The van der Waals surface area contributed by atoms with Crippen molar-refractivity contribution in [2.24, 2.45) is 0 Å². The van der Waals surface area contributed by atoms with Crippen LogP contribution in [0.15, 0.2) is 84.9 Å². The lowest BCUT2D eigenvalue weighted by molar-refractivity contribution is 0.418. The van der Waals surface area contributed by atoms with Gasteiger partial charge in [0.2, 0.25) is 0 Å². The van der Waals surface area contributed by atoms with Gasteiger partial charge in [0.15, 0.2) is 0 Å². The summed E-state index contributed by atoms with van der Waals surface area (Å²) in [5.41, 5.74) is 10.6. The van der Waals surface area contributed by atoms with Crippen LogP contribution in [0.4, 0.5) is 0 Å². The van der Waals surface area contributed by atoms with E-state index in [0.29, 0.717) is 0 Å². The van der Waals surface area contributed by atoms with E-state index in [1.54, 1.807) is 0 Å². The van der Waals surface area contributed by atoms with Crippen LogP contribution in [0.2, 0.25) is 0 Å². The molecule has 2 aliphatic rings. The fourth-order valence-corrected chi connectivity index (χ4v) is 5.80. The van der Waals surface area contributed by atoms with Crippen LogP contribution in [0.25, 0.3) is 11.1 Å². The Morgan fingerprint density at radius 1 is 0.531 bits per heavy atom. The summed E-state index contributed by atoms with van der Waals surface area (Å²) < 4.78 is 6.37. The molecule has 0 unspecified atom stereocenters. The molecule has 0 radical (unpaired) electrons. The standard InChI is InChI=1S/C31H28O/c1-30(2)24-10-6-5-9-22(24)18-23-17-20(13-15-25(23)30)21-14-16-27-29(19-21)32-28-12-8-7-11-26(28)31(27,3)4/h5-17,19H,18H2,1-4H3. The van der Waals surface area contributed by atoms with E-state index < -0.39 is 0 Å². The summed E-state index contributed by atoms with van der Waals surface area (Å²) in [4.78, 5) is 0. The van der Waals surface area contributed by atoms with Crippen molar-refractivity contribution >= 4 is 0 Å². The van der Waals surface area contributed by atoms with Crippen molar-refractivity contribution < 1.29 is 4.74 Å². The van der Waals surface area contributed by atoms with Gasteiger partial charge in [0.25, 0.3) is 0 Å². The number of hydrogen-bond donors (Lipinski definition) is 0. The zero-order valence-electron chi connectivity index (χ0n) is 19.2. The molecule has 0 bridgehead atoms. The summed E-state index contributed by atoms with van der Waals surface area (Å²) in [6.45, 7) is 9.25. The SMILES string of the molecule is CC1(C)c2ccccc2Cc2cc(-c3ccc4c(c3)Oc3ccccc3C4(C)C)ccc21. The maximum Gasteiger partial charge on any atom is 0.132 e. The highest BCUT2D eigenvalue weighted by Gasteiger charge is 2.35. The van der Waals surface area contributed by atoms with Crippen molar-refractivity contribution in [3.05, 3.63) is 118 Å². The maximum absolute atomic E-state index is 6.37. The predicted octanol–water partition coefficient (Wildman–Crippen LogP) is 8.02. The molecule has 0 atom stereocenters. The highest BCUT2D eigenvalue weighted by molar-refractivity contribution is 5.71. The van der Waals surface area contributed by atoms with Crippen molar-refractivity contribution in [2.45, 2.75) is 44.9 Å².